The third-order valence-corrected chi connectivity index (χ3v) is 8.54. The van der Waals surface area contributed by atoms with Crippen molar-refractivity contribution in [1.82, 2.24) is 0 Å². The zero-order valence-corrected chi connectivity index (χ0v) is 15.1. The average Bonchev–Trinajstić information content (AvgIpc) is 3.14. The first-order valence-electron chi connectivity index (χ1n) is 10.0. The SMILES string of the molecule is C[C@]12CCCC=C1CC1(OCCO1)[C@@H]1[C@@H]2CC[C@]2(C)C(=O)CC[C@@H]12. The molecule has 0 amide bonds. The molecule has 1 aliphatic heterocycles. The minimum absolute atomic E-state index is 0.129. The lowest BCUT2D eigenvalue weighted by molar-refractivity contribution is -0.262. The molecule has 1 spiro atoms. The summed E-state index contributed by atoms with van der Waals surface area (Å²) >= 11 is 0. The molecule has 24 heavy (non-hydrogen) atoms. The van der Waals surface area contributed by atoms with E-state index in [-0.39, 0.29) is 5.41 Å². The van der Waals surface area contributed by atoms with Crippen LogP contribution in [0.5, 0.6) is 0 Å². The highest BCUT2D eigenvalue weighted by atomic mass is 16.7. The molecule has 5 aliphatic rings. The Hall–Kier alpha value is -0.670. The molecule has 5 rings (SSSR count). The van der Waals surface area contributed by atoms with Gasteiger partial charge in [-0.15, -0.1) is 0 Å². The summed E-state index contributed by atoms with van der Waals surface area (Å²) in [5.41, 5.74) is 1.76. The third-order valence-electron chi connectivity index (χ3n) is 8.54. The second-order valence-corrected chi connectivity index (χ2v) is 9.38. The molecule has 0 bridgehead atoms. The Balaban J connectivity index is 1.64. The molecule has 1 saturated heterocycles. The summed E-state index contributed by atoms with van der Waals surface area (Å²) in [7, 11) is 0. The lowest BCUT2D eigenvalue weighted by Crippen LogP contribution is -2.61. The molecule has 0 radical (unpaired) electrons. The summed E-state index contributed by atoms with van der Waals surface area (Å²) in [5.74, 6) is 1.51. The Kier molecular flexibility index (Phi) is 3.21. The van der Waals surface area contributed by atoms with E-state index in [1.165, 1.54) is 19.3 Å². The highest BCUT2D eigenvalue weighted by Crippen LogP contribution is 2.68. The molecule has 0 aromatic carbocycles. The summed E-state index contributed by atoms with van der Waals surface area (Å²) in [6.07, 6.45) is 11.3. The molecular formula is C21H30O3. The number of hydrogen-bond acceptors (Lipinski definition) is 3. The average molecular weight is 330 g/mol. The Labute approximate surface area is 145 Å². The molecule has 0 N–H and O–H groups in total. The maximum Gasteiger partial charge on any atom is 0.175 e. The van der Waals surface area contributed by atoms with Crippen molar-refractivity contribution in [3.05, 3.63) is 11.6 Å². The number of ketones is 1. The Morgan fingerprint density at radius 1 is 1.04 bits per heavy atom. The van der Waals surface area contributed by atoms with Gasteiger partial charge in [0.1, 0.15) is 5.78 Å². The first-order chi connectivity index (χ1) is 11.5. The van der Waals surface area contributed by atoms with Gasteiger partial charge in [0.25, 0.3) is 0 Å². The van der Waals surface area contributed by atoms with Gasteiger partial charge in [0.15, 0.2) is 5.79 Å². The van der Waals surface area contributed by atoms with E-state index in [4.69, 9.17) is 9.47 Å². The summed E-state index contributed by atoms with van der Waals surface area (Å²) in [4.78, 5) is 12.7. The maximum atomic E-state index is 12.7. The number of rotatable bonds is 0. The van der Waals surface area contributed by atoms with E-state index in [1.54, 1.807) is 5.57 Å². The highest BCUT2D eigenvalue weighted by Gasteiger charge is 2.67. The standard InChI is InChI=1S/C21H30O3/c1-19-9-4-3-5-14(19)13-21(23-11-12-24-21)18-15-6-7-17(22)20(15,2)10-8-16(18)19/h5,15-16,18H,3-4,6-13H2,1-2H3/t15-,16-,18-,19-,20-/m0/s1. The van der Waals surface area contributed by atoms with Gasteiger partial charge in [-0.25, -0.2) is 0 Å². The predicted octanol–water partition coefficient (Wildman–Crippen LogP) is 4.26. The molecule has 1 heterocycles. The summed E-state index contributed by atoms with van der Waals surface area (Å²) in [6, 6.07) is 0. The molecule has 0 unspecified atom stereocenters. The van der Waals surface area contributed by atoms with Crippen LogP contribution in [-0.2, 0) is 14.3 Å². The molecule has 3 heteroatoms. The predicted molar refractivity (Wildman–Crippen MR) is 91.3 cm³/mol. The number of ether oxygens (including phenoxy) is 2. The summed E-state index contributed by atoms with van der Waals surface area (Å²) in [6.45, 7) is 6.16. The summed E-state index contributed by atoms with van der Waals surface area (Å²) < 4.78 is 12.7. The molecule has 3 saturated carbocycles. The van der Waals surface area contributed by atoms with Crippen molar-refractivity contribution in [1.29, 1.82) is 0 Å². The van der Waals surface area contributed by atoms with Crippen LogP contribution < -0.4 is 0 Å². The molecule has 4 fully saturated rings. The fourth-order valence-corrected chi connectivity index (χ4v) is 7.23. The van der Waals surface area contributed by atoms with Crippen LogP contribution >= 0.6 is 0 Å². The number of fused-ring (bicyclic) bond motifs is 6. The number of hydrogen-bond donors (Lipinski definition) is 0. The lowest BCUT2D eigenvalue weighted by Gasteiger charge is -2.61. The van der Waals surface area contributed by atoms with Gasteiger partial charge in [0.2, 0.25) is 0 Å². The zero-order valence-electron chi connectivity index (χ0n) is 15.1. The van der Waals surface area contributed by atoms with Crippen molar-refractivity contribution in [2.24, 2.45) is 28.6 Å². The number of Topliss-reactive ketones (excluding diaryl/α,β-unsaturated/α-hetero) is 1. The molecule has 132 valence electrons. The van der Waals surface area contributed by atoms with E-state index in [0.29, 0.717) is 42.2 Å². The fourth-order valence-electron chi connectivity index (χ4n) is 7.23. The van der Waals surface area contributed by atoms with Gasteiger partial charge in [0, 0.05) is 24.2 Å². The van der Waals surface area contributed by atoms with E-state index in [2.05, 4.69) is 19.9 Å². The van der Waals surface area contributed by atoms with Gasteiger partial charge in [-0.3, -0.25) is 4.79 Å². The van der Waals surface area contributed by atoms with Gasteiger partial charge in [-0.2, -0.15) is 0 Å². The van der Waals surface area contributed by atoms with Crippen molar-refractivity contribution in [2.45, 2.75) is 71.0 Å². The van der Waals surface area contributed by atoms with Crippen LogP contribution in [-0.4, -0.2) is 24.8 Å². The first-order valence-corrected chi connectivity index (χ1v) is 10.0. The molecular weight excluding hydrogens is 300 g/mol. The van der Waals surface area contributed by atoms with Crippen molar-refractivity contribution in [3.63, 3.8) is 0 Å². The van der Waals surface area contributed by atoms with Gasteiger partial charge >= 0.3 is 0 Å². The second-order valence-electron chi connectivity index (χ2n) is 9.38. The second kappa shape index (κ2) is 4.94. The van der Waals surface area contributed by atoms with Crippen LogP contribution in [0, 0.1) is 28.6 Å². The molecule has 4 aliphatic carbocycles. The molecule has 0 aromatic heterocycles. The Bertz CT molecular complexity index is 602. The number of allylic oxidation sites excluding steroid dienone is 1. The normalized spacial score (nSPS) is 49.5. The van der Waals surface area contributed by atoms with Gasteiger partial charge in [-0.1, -0.05) is 25.5 Å². The van der Waals surface area contributed by atoms with Crippen LogP contribution in [0.15, 0.2) is 11.6 Å². The van der Waals surface area contributed by atoms with Crippen molar-refractivity contribution >= 4 is 5.78 Å². The van der Waals surface area contributed by atoms with E-state index in [1.807, 2.05) is 0 Å². The van der Waals surface area contributed by atoms with E-state index in [0.717, 1.165) is 32.1 Å². The molecule has 3 nitrogen and oxygen atoms in total. The van der Waals surface area contributed by atoms with Crippen molar-refractivity contribution < 1.29 is 14.3 Å². The van der Waals surface area contributed by atoms with Gasteiger partial charge in [-0.05, 0) is 55.8 Å². The van der Waals surface area contributed by atoms with E-state index in [9.17, 15) is 4.79 Å². The Morgan fingerprint density at radius 3 is 2.58 bits per heavy atom. The minimum Gasteiger partial charge on any atom is -0.347 e. The van der Waals surface area contributed by atoms with Crippen molar-refractivity contribution in [3.8, 4) is 0 Å². The Morgan fingerprint density at radius 2 is 1.79 bits per heavy atom. The number of carbonyl (C=O) groups excluding carboxylic acids is 1. The minimum atomic E-state index is -0.440. The monoisotopic (exact) mass is 330 g/mol. The smallest absolute Gasteiger partial charge is 0.175 e. The zero-order chi connectivity index (χ0) is 16.6. The largest absolute Gasteiger partial charge is 0.347 e. The quantitative estimate of drug-likeness (QED) is 0.623. The van der Waals surface area contributed by atoms with Crippen LogP contribution in [0.1, 0.15) is 65.2 Å². The number of carbonyl (C=O) groups is 1. The van der Waals surface area contributed by atoms with E-state index < -0.39 is 5.79 Å². The summed E-state index contributed by atoms with van der Waals surface area (Å²) in [5, 5.41) is 0. The van der Waals surface area contributed by atoms with Crippen LogP contribution in [0.4, 0.5) is 0 Å². The highest BCUT2D eigenvalue weighted by molar-refractivity contribution is 5.87. The fraction of sp³-hybridized carbons (Fsp3) is 0.857. The maximum absolute atomic E-state index is 12.7. The van der Waals surface area contributed by atoms with Gasteiger partial charge in [0.05, 0.1) is 13.2 Å². The lowest BCUT2D eigenvalue weighted by atomic mass is 9.46. The van der Waals surface area contributed by atoms with Crippen LogP contribution in [0.2, 0.25) is 0 Å². The van der Waals surface area contributed by atoms with Crippen LogP contribution in [0.3, 0.4) is 0 Å². The van der Waals surface area contributed by atoms with E-state index >= 15 is 0 Å². The topological polar surface area (TPSA) is 35.5 Å². The third kappa shape index (κ3) is 1.78. The molecule has 0 aromatic rings. The van der Waals surface area contributed by atoms with Crippen LogP contribution in [0.25, 0.3) is 0 Å². The molecule has 5 atom stereocenters. The van der Waals surface area contributed by atoms with Crippen molar-refractivity contribution in [2.75, 3.05) is 13.2 Å². The first kappa shape index (κ1) is 15.6. The van der Waals surface area contributed by atoms with Gasteiger partial charge < -0.3 is 9.47 Å².